The van der Waals surface area contributed by atoms with Gasteiger partial charge in [-0.05, 0) is 62.3 Å². The van der Waals surface area contributed by atoms with Crippen LogP contribution in [-0.2, 0) is 15.5 Å². The van der Waals surface area contributed by atoms with Crippen molar-refractivity contribution in [2.75, 3.05) is 24.2 Å². The molecule has 0 spiro atoms. The molecule has 8 heteroatoms. The first-order chi connectivity index (χ1) is 15.5. The largest absolute Gasteiger partial charge is 0.356 e. The SMILES string of the molecule is CCN=S(=O)(Cc1ccc(C#N)cc1)CC1CCC(N(C)c2ncnc3[nH]ccc23)CC1. The van der Waals surface area contributed by atoms with Crippen LogP contribution in [0, 0.1) is 17.2 Å². The van der Waals surface area contributed by atoms with Gasteiger partial charge in [0.1, 0.15) is 17.8 Å². The Labute approximate surface area is 190 Å². The van der Waals surface area contributed by atoms with Crippen molar-refractivity contribution in [3.63, 3.8) is 0 Å². The fourth-order valence-corrected chi connectivity index (χ4v) is 7.28. The van der Waals surface area contributed by atoms with Crippen LogP contribution >= 0.6 is 0 Å². The number of anilines is 1. The molecule has 1 aromatic carbocycles. The van der Waals surface area contributed by atoms with Crippen LogP contribution in [0.15, 0.2) is 47.2 Å². The van der Waals surface area contributed by atoms with Crippen molar-refractivity contribution in [2.45, 2.75) is 44.4 Å². The molecule has 0 bridgehead atoms. The lowest BCUT2D eigenvalue weighted by Crippen LogP contribution is -2.37. The van der Waals surface area contributed by atoms with Gasteiger partial charge in [0.05, 0.1) is 32.5 Å². The van der Waals surface area contributed by atoms with E-state index < -0.39 is 9.73 Å². The zero-order valence-electron chi connectivity index (χ0n) is 18.7. The van der Waals surface area contributed by atoms with E-state index in [4.69, 9.17) is 5.26 Å². The minimum absolute atomic E-state index is 0.414. The highest BCUT2D eigenvalue weighted by atomic mass is 32.2. The van der Waals surface area contributed by atoms with Crippen LogP contribution in [0.5, 0.6) is 0 Å². The lowest BCUT2D eigenvalue weighted by Gasteiger charge is -2.35. The summed E-state index contributed by atoms with van der Waals surface area (Å²) in [5, 5.41) is 10.0. The first kappa shape index (κ1) is 22.3. The molecule has 0 saturated heterocycles. The highest BCUT2D eigenvalue weighted by molar-refractivity contribution is 7.92. The van der Waals surface area contributed by atoms with Gasteiger partial charge in [0, 0.05) is 31.6 Å². The molecule has 168 valence electrons. The number of hydrogen-bond donors (Lipinski definition) is 1. The van der Waals surface area contributed by atoms with E-state index in [2.05, 4.69) is 37.3 Å². The Morgan fingerprint density at radius 3 is 2.62 bits per heavy atom. The van der Waals surface area contributed by atoms with E-state index in [1.807, 2.05) is 31.3 Å². The molecule has 0 radical (unpaired) electrons. The Bertz CT molecular complexity index is 1210. The van der Waals surface area contributed by atoms with Gasteiger partial charge in [-0.15, -0.1) is 0 Å². The molecule has 1 unspecified atom stereocenters. The van der Waals surface area contributed by atoms with Crippen LogP contribution in [0.25, 0.3) is 11.0 Å². The predicted octanol–water partition coefficient (Wildman–Crippen LogP) is 4.51. The number of H-pyrrole nitrogens is 1. The molecular formula is C24H30N6OS. The maximum absolute atomic E-state index is 13.7. The summed E-state index contributed by atoms with van der Waals surface area (Å²) >= 11 is 0. The van der Waals surface area contributed by atoms with Crippen LogP contribution in [0.3, 0.4) is 0 Å². The molecule has 1 aliphatic carbocycles. The fourth-order valence-electron chi connectivity index (χ4n) is 4.71. The molecule has 7 nitrogen and oxygen atoms in total. The number of nitrogens with one attached hydrogen (secondary N) is 1. The third-order valence-corrected chi connectivity index (χ3v) is 8.87. The smallest absolute Gasteiger partial charge is 0.142 e. The number of aromatic nitrogens is 3. The second-order valence-corrected chi connectivity index (χ2v) is 11.0. The van der Waals surface area contributed by atoms with Crippen LogP contribution in [0.2, 0.25) is 0 Å². The summed E-state index contributed by atoms with van der Waals surface area (Å²) in [4.78, 5) is 14.3. The summed E-state index contributed by atoms with van der Waals surface area (Å²) in [5.41, 5.74) is 2.47. The second-order valence-electron chi connectivity index (χ2n) is 8.56. The van der Waals surface area contributed by atoms with Crippen molar-refractivity contribution >= 4 is 26.6 Å². The van der Waals surface area contributed by atoms with Crippen molar-refractivity contribution < 1.29 is 4.21 Å². The quantitative estimate of drug-likeness (QED) is 0.571. The molecule has 2 heterocycles. The summed E-state index contributed by atoms with van der Waals surface area (Å²) in [6, 6.07) is 12.0. The monoisotopic (exact) mass is 450 g/mol. The van der Waals surface area contributed by atoms with Crippen LogP contribution in [0.4, 0.5) is 5.82 Å². The highest BCUT2D eigenvalue weighted by Gasteiger charge is 2.28. The Hall–Kier alpha value is -2.92. The van der Waals surface area contributed by atoms with Gasteiger partial charge >= 0.3 is 0 Å². The van der Waals surface area contributed by atoms with Crippen molar-refractivity contribution in [1.82, 2.24) is 15.0 Å². The minimum atomic E-state index is -2.32. The lowest BCUT2D eigenvalue weighted by atomic mass is 9.86. The van der Waals surface area contributed by atoms with Crippen molar-refractivity contribution in [2.24, 2.45) is 10.3 Å². The molecule has 32 heavy (non-hydrogen) atoms. The number of nitriles is 1. The molecule has 0 aliphatic heterocycles. The molecule has 1 atom stereocenters. The summed E-state index contributed by atoms with van der Waals surface area (Å²) in [6.45, 7) is 2.52. The molecule has 1 fully saturated rings. The maximum Gasteiger partial charge on any atom is 0.142 e. The number of hydrogen-bond acceptors (Lipinski definition) is 6. The molecule has 4 rings (SSSR count). The molecule has 3 aromatic rings. The first-order valence-corrected chi connectivity index (χ1v) is 13.0. The number of benzene rings is 1. The van der Waals surface area contributed by atoms with Gasteiger partial charge in [0.2, 0.25) is 0 Å². The Kier molecular flexibility index (Phi) is 6.75. The first-order valence-electron chi connectivity index (χ1n) is 11.2. The zero-order chi connectivity index (χ0) is 22.6. The van der Waals surface area contributed by atoms with Crippen molar-refractivity contribution in [3.05, 3.63) is 54.0 Å². The topological polar surface area (TPSA) is 98.0 Å². The van der Waals surface area contributed by atoms with Crippen LogP contribution in [0.1, 0.15) is 43.7 Å². The van der Waals surface area contributed by atoms with E-state index in [-0.39, 0.29) is 0 Å². The maximum atomic E-state index is 13.7. The van der Waals surface area contributed by atoms with Gasteiger partial charge < -0.3 is 9.88 Å². The second kappa shape index (κ2) is 9.70. The molecule has 1 saturated carbocycles. The van der Waals surface area contributed by atoms with E-state index in [9.17, 15) is 4.21 Å². The summed E-state index contributed by atoms with van der Waals surface area (Å²) in [6.07, 6.45) is 7.70. The van der Waals surface area contributed by atoms with Crippen LogP contribution in [-0.4, -0.2) is 44.5 Å². The third-order valence-electron chi connectivity index (χ3n) is 6.37. The molecule has 1 N–H and O–H groups in total. The van der Waals surface area contributed by atoms with Gasteiger partial charge in [0.25, 0.3) is 0 Å². The number of nitrogens with zero attached hydrogens (tertiary/aromatic N) is 5. The van der Waals surface area contributed by atoms with Gasteiger partial charge in [-0.1, -0.05) is 12.1 Å². The molecule has 1 aliphatic rings. The van der Waals surface area contributed by atoms with Crippen molar-refractivity contribution in [1.29, 1.82) is 5.26 Å². The number of fused-ring (bicyclic) bond motifs is 1. The van der Waals surface area contributed by atoms with Gasteiger partial charge in [0.15, 0.2) is 0 Å². The molecule has 2 aromatic heterocycles. The number of rotatable bonds is 7. The third kappa shape index (κ3) is 4.94. The Morgan fingerprint density at radius 1 is 1.19 bits per heavy atom. The normalized spacial score (nSPS) is 20.4. The highest BCUT2D eigenvalue weighted by Crippen LogP contribution is 2.32. The van der Waals surface area contributed by atoms with Crippen LogP contribution < -0.4 is 4.90 Å². The van der Waals surface area contributed by atoms with E-state index in [1.54, 1.807) is 18.5 Å². The van der Waals surface area contributed by atoms with Gasteiger partial charge in [-0.25, -0.2) is 18.5 Å². The summed E-state index contributed by atoms with van der Waals surface area (Å²) in [5.74, 6) is 2.48. The van der Waals surface area contributed by atoms with Crippen molar-refractivity contribution in [3.8, 4) is 6.07 Å². The predicted molar refractivity (Wildman–Crippen MR) is 129 cm³/mol. The molecular weight excluding hydrogens is 420 g/mol. The van der Waals surface area contributed by atoms with E-state index in [0.717, 1.165) is 48.1 Å². The van der Waals surface area contributed by atoms with E-state index in [0.29, 0.717) is 35.6 Å². The van der Waals surface area contributed by atoms with E-state index >= 15 is 0 Å². The number of aromatic amines is 1. The van der Waals surface area contributed by atoms with Gasteiger partial charge in [-0.2, -0.15) is 5.26 Å². The van der Waals surface area contributed by atoms with Gasteiger partial charge in [-0.3, -0.25) is 0 Å². The summed E-state index contributed by atoms with van der Waals surface area (Å²) < 4.78 is 18.2. The lowest BCUT2D eigenvalue weighted by molar-refractivity contribution is 0.342. The minimum Gasteiger partial charge on any atom is -0.356 e. The standard InChI is InChI=1S/C24H30N6OS/c1-3-29-32(31,15-19-6-4-18(14-25)5-7-19)16-20-8-10-21(11-9-20)30(2)24-22-12-13-26-23(22)27-17-28-24/h4-7,12-13,17,20-21H,3,8-11,15-16H2,1-2H3,(H,26,27,28). The zero-order valence-corrected chi connectivity index (χ0v) is 19.5. The average Bonchev–Trinajstić information content (AvgIpc) is 3.29. The summed E-state index contributed by atoms with van der Waals surface area (Å²) in [7, 11) is -0.207. The fraction of sp³-hybridized carbons (Fsp3) is 0.458. The van der Waals surface area contributed by atoms with E-state index in [1.165, 1.54) is 0 Å². The molecule has 0 amide bonds. The average molecular weight is 451 g/mol. The Balaban J connectivity index is 1.40. The Morgan fingerprint density at radius 2 is 1.94 bits per heavy atom.